The number of benzene rings is 2. The fourth-order valence-electron chi connectivity index (χ4n) is 5.67. The number of halogens is 2. The minimum absolute atomic E-state index is 0. The Hall–Kier alpha value is -1.77. The Balaban J connectivity index is 0.00000267. The summed E-state index contributed by atoms with van der Waals surface area (Å²) in [6.45, 7) is 6.72. The van der Waals surface area contributed by atoms with Crippen LogP contribution in [-0.2, 0) is 19.3 Å². The first-order chi connectivity index (χ1) is 18.1. The van der Waals surface area contributed by atoms with Gasteiger partial charge in [-0.3, -0.25) is 4.79 Å². The van der Waals surface area contributed by atoms with Crippen molar-refractivity contribution in [1.29, 1.82) is 0 Å². The number of hydrogen-bond donors (Lipinski definition) is 2. The molecule has 9 heteroatoms. The van der Waals surface area contributed by atoms with E-state index in [0.29, 0.717) is 6.04 Å². The van der Waals surface area contributed by atoms with E-state index < -0.39 is 0 Å². The van der Waals surface area contributed by atoms with E-state index in [2.05, 4.69) is 52.5 Å². The highest BCUT2D eigenvalue weighted by atomic mass is 35.5. The zero-order valence-corrected chi connectivity index (χ0v) is 26.0. The second kappa shape index (κ2) is 17.1. The van der Waals surface area contributed by atoms with Crippen LogP contribution in [0.4, 0.5) is 0 Å². The van der Waals surface area contributed by atoms with E-state index in [1.807, 2.05) is 0 Å². The van der Waals surface area contributed by atoms with Crippen molar-refractivity contribution in [2.45, 2.75) is 70.8 Å². The highest BCUT2D eigenvalue weighted by molar-refractivity contribution is 7.16. The molecular weight excluding hydrogens is 553 g/mol. The van der Waals surface area contributed by atoms with Crippen LogP contribution in [-0.4, -0.2) is 56.3 Å². The van der Waals surface area contributed by atoms with Gasteiger partial charge in [0.05, 0.1) is 24.4 Å². The fraction of sp³-hybridized carbons (Fsp3) is 0.567. The van der Waals surface area contributed by atoms with Crippen molar-refractivity contribution < 1.29 is 9.47 Å². The summed E-state index contributed by atoms with van der Waals surface area (Å²) < 4.78 is 12.2. The lowest BCUT2D eigenvalue weighted by Gasteiger charge is -2.36. The van der Waals surface area contributed by atoms with Crippen LogP contribution in [0.25, 0.3) is 10.2 Å². The van der Waals surface area contributed by atoms with Gasteiger partial charge in [-0.15, -0.1) is 24.8 Å². The number of fused-ring (bicyclic) bond motifs is 2. The minimum Gasteiger partial charge on any atom is -0.493 e. The van der Waals surface area contributed by atoms with Gasteiger partial charge < -0.3 is 24.7 Å². The number of nitrogens with one attached hydrogen (secondary N) is 2. The van der Waals surface area contributed by atoms with E-state index in [-0.39, 0.29) is 29.7 Å². The van der Waals surface area contributed by atoms with Gasteiger partial charge >= 0.3 is 4.87 Å². The number of unbranched alkanes of at least 4 members (excludes halogenated alkanes) is 3. The van der Waals surface area contributed by atoms with Crippen LogP contribution in [0.5, 0.6) is 11.5 Å². The number of aromatic nitrogens is 1. The standard InChI is InChI=1S/C30H43N3O3S.2ClH/c1-4-18-33(24-11-12-25-23(21-24)10-13-27(35-2)29(25)36-3)19-8-6-5-7-16-31-17-15-22-9-14-28-26(20-22)32-30(34)37-28;;/h9-10,13-14,20,24,31H,4-8,11-12,15-19,21H2,1-3H3,(H,32,34);2*1H. The predicted octanol–water partition coefficient (Wildman–Crippen LogP) is 6.41. The molecule has 218 valence electrons. The maximum absolute atomic E-state index is 11.5. The highest BCUT2D eigenvalue weighted by Gasteiger charge is 2.27. The molecule has 1 unspecified atom stereocenters. The molecule has 0 saturated carbocycles. The topological polar surface area (TPSA) is 66.6 Å². The van der Waals surface area contributed by atoms with Crippen molar-refractivity contribution in [3.8, 4) is 11.5 Å². The van der Waals surface area contributed by atoms with Crippen LogP contribution in [0, 0.1) is 0 Å². The summed E-state index contributed by atoms with van der Waals surface area (Å²) in [5, 5.41) is 3.59. The average molecular weight is 599 g/mol. The summed E-state index contributed by atoms with van der Waals surface area (Å²) in [4.78, 5) is 17.1. The summed E-state index contributed by atoms with van der Waals surface area (Å²) >= 11 is 1.28. The lowest BCUT2D eigenvalue weighted by atomic mass is 9.86. The van der Waals surface area contributed by atoms with Gasteiger partial charge in [0.25, 0.3) is 0 Å². The second-order valence-electron chi connectivity index (χ2n) is 10.1. The molecule has 1 atom stereocenters. The highest BCUT2D eigenvalue weighted by Crippen LogP contribution is 2.38. The van der Waals surface area contributed by atoms with Crippen LogP contribution in [0.3, 0.4) is 0 Å². The SMILES string of the molecule is CCCN(CCCCCCNCCc1ccc2sc(=O)[nH]c2c1)C1CCc2c(ccc(OC)c2OC)C1.Cl.Cl. The van der Waals surface area contributed by atoms with Crippen molar-refractivity contribution in [2.75, 3.05) is 40.4 Å². The predicted molar refractivity (Wildman–Crippen MR) is 169 cm³/mol. The molecule has 3 aromatic rings. The van der Waals surface area contributed by atoms with Gasteiger partial charge in [0.2, 0.25) is 0 Å². The number of rotatable bonds is 15. The molecule has 39 heavy (non-hydrogen) atoms. The van der Waals surface area contributed by atoms with Crippen molar-refractivity contribution in [2.24, 2.45) is 0 Å². The molecule has 0 fully saturated rings. The summed E-state index contributed by atoms with van der Waals surface area (Å²) in [7, 11) is 3.46. The maximum Gasteiger partial charge on any atom is 0.305 e. The number of H-pyrrole nitrogens is 1. The summed E-state index contributed by atoms with van der Waals surface area (Å²) in [6, 6.07) is 11.2. The summed E-state index contributed by atoms with van der Waals surface area (Å²) in [6.07, 6.45) is 10.6. The van der Waals surface area contributed by atoms with Crippen LogP contribution < -0.4 is 19.7 Å². The number of methoxy groups -OCH3 is 2. The Morgan fingerprint density at radius 2 is 1.85 bits per heavy atom. The van der Waals surface area contributed by atoms with Crippen molar-refractivity contribution in [1.82, 2.24) is 15.2 Å². The molecule has 1 aliphatic rings. The van der Waals surface area contributed by atoms with Crippen LogP contribution in [0.1, 0.15) is 62.1 Å². The van der Waals surface area contributed by atoms with Crippen LogP contribution in [0.2, 0.25) is 0 Å². The summed E-state index contributed by atoms with van der Waals surface area (Å²) in [5.41, 5.74) is 4.99. The van der Waals surface area contributed by atoms with Gasteiger partial charge in [0.15, 0.2) is 11.5 Å². The lowest BCUT2D eigenvalue weighted by Crippen LogP contribution is -2.40. The fourth-order valence-corrected chi connectivity index (χ4v) is 6.39. The first-order valence-corrected chi connectivity index (χ1v) is 14.7. The molecule has 0 amide bonds. The van der Waals surface area contributed by atoms with Crippen molar-refractivity contribution in [3.05, 3.63) is 56.7 Å². The summed E-state index contributed by atoms with van der Waals surface area (Å²) in [5.74, 6) is 1.77. The molecule has 1 heterocycles. The van der Waals surface area contributed by atoms with E-state index in [9.17, 15) is 4.79 Å². The Morgan fingerprint density at radius 3 is 2.62 bits per heavy atom. The van der Waals surface area contributed by atoms with Crippen LogP contribution >= 0.6 is 36.2 Å². The molecule has 2 N–H and O–H groups in total. The molecule has 6 nitrogen and oxygen atoms in total. The molecule has 0 aliphatic heterocycles. The molecule has 0 bridgehead atoms. The number of ether oxygens (including phenoxy) is 2. The number of aromatic amines is 1. The van der Waals surface area contributed by atoms with Gasteiger partial charge in [0, 0.05) is 11.6 Å². The minimum atomic E-state index is 0. The first-order valence-electron chi connectivity index (χ1n) is 13.9. The monoisotopic (exact) mass is 597 g/mol. The van der Waals surface area contributed by atoms with Gasteiger partial charge in [-0.2, -0.15) is 0 Å². The third-order valence-electron chi connectivity index (χ3n) is 7.58. The molecule has 1 aliphatic carbocycles. The molecule has 0 saturated heterocycles. The maximum atomic E-state index is 11.5. The largest absolute Gasteiger partial charge is 0.493 e. The Labute approximate surface area is 249 Å². The van der Waals surface area contributed by atoms with E-state index in [0.717, 1.165) is 54.1 Å². The van der Waals surface area contributed by atoms with Crippen molar-refractivity contribution >= 4 is 46.4 Å². The van der Waals surface area contributed by atoms with E-state index in [1.165, 1.54) is 79.6 Å². The first kappa shape index (κ1) is 33.4. The normalized spacial score (nSPS) is 14.5. The zero-order chi connectivity index (χ0) is 26.0. The third kappa shape index (κ3) is 9.12. The molecule has 0 spiro atoms. The average Bonchev–Trinajstić information content (AvgIpc) is 3.29. The van der Waals surface area contributed by atoms with Gasteiger partial charge in [-0.25, -0.2) is 0 Å². The number of hydrogen-bond acceptors (Lipinski definition) is 6. The van der Waals surface area contributed by atoms with Gasteiger partial charge in [0.1, 0.15) is 0 Å². The van der Waals surface area contributed by atoms with E-state index in [1.54, 1.807) is 14.2 Å². The zero-order valence-electron chi connectivity index (χ0n) is 23.6. The molecule has 2 aromatic carbocycles. The third-order valence-corrected chi connectivity index (χ3v) is 8.44. The Morgan fingerprint density at radius 1 is 1.03 bits per heavy atom. The Kier molecular flexibility index (Phi) is 14.7. The van der Waals surface area contributed by atoms with Gasteiger partial charge in [-0.1, -0.05) is 43.2 Å². The quantitative estimate of drug-likeness (QED) is 0.198. The Bertz CT molecular complexity index is 1200. The number of nitrogens with zero attached hydrogens (tertiary/aromatic N) is 1. The van der Waals surface area contributed by atoms with Crippen molar-refractivity contribution in [3.63, 3.8) is 0 Å². The van der Waals surface area contributed by atoms with E-state index in [4.69, 9.17) is 9.47 Å². The molecule has 0 radical (unpaired) electrons. The molecular formula is C30H45Cl2N3O3S. The van der Waals surface area contributed by atoms with E-state index >= 15 is 0 Å². The van der Waals surface area contributed by atoms with Gasteiger partial charge in [-0.05, 0) is 100 Å². The number of thiazole rings is 1. The van der Waals surface area contributed by atoms with Crippen LogP contribution in [0.15, 0.2) is 35.1 Å². The lowest BCUT2D eigenvalue weighted by molar-refractivity contribution is 0.175. The second-order valence-corrected chi connectivity index (χ2v) is 11.1. The smallest absolute Gasteiger partial charge is 0.305 e. The molecule has 4 rings (SSSR count). The molecule has 1 aromatic heterocycles.